The van der Waals surface area contributed by atoms with Gasteiger partial charge in [0, 0.05) is 35.8 Å². The van der Waals surface area contributed by atoms with Gasteiger partial charge in [0.1, 0.15) is 6.10 Å². The van der Waals surface area contributed by atoms with E-state index in [-0.39, 0.29) is 0 Å². The third-order valence-electron chi connectivity index (χ3n) is 4.64. The number of hydrogen-bond donors (Lipinski definition) is 3. The van der Waals surface area contributed by atoms with Gasteiger partial charge in [-0.1, -0.05) is 18.2 Å². The molecule has 0 aliphatic carbocycles. The van der Waals surface area contributed by atoms with Crippen LogP contribution in [0.3, 0.4) is 0 Å². The van der Waals surface area contributed by atoms with Gasteiger partial charge in [-0.05, 0) is 44.0 Å². The Hall–Kier alpha value is -1.63. The lowest BCUT2D eigenvalue weighted by molar-refractivity contribution is 0.184. The maximum Gasteiger partial charge on any atom is 0.191 e. The molecule has 2 atom stereocenters. The van der Waals surface area contributed by atoms with Gasteiger partial charge in [-0.3, -0.25) is 4.99 Å². The molecule has 2 aromatic rings. The minimum Gasteiger partial charge on any atom is -0.386 e. The van der Waals surface area contributed by atoms with Gasteiger partial charge in [0.25, 0.3) is 0 Å². The topological polar surface area (TPSA) is 59.9 Å². The standard InChI is InChI=1S/C18H26N4OS/c1-19-18(20-11-14-7-5-9-22(14)2)21-12-15(23)17-10-13-6-3-4-8-16(13)24-17/h3-4,6,8,10,14-15,23H,5,7,9,11-12H2,1-2H3,(H2,19,20,21). The van der Waals surface area contributed by atoms with Crippen LogP contribution in [0.1, 0.15) is 23.8 Å². The van der Waals surface area contributed by atoms with Crippen LogP contribution in [0.2, 0.25) is 0 Å². The second-order valence-electron chi connectivity index (χ2n) is 6.31. The predicted octanol–water partition coefficient (Wildman–Crippen LogP) is 2.19. The molecule has 0 radical (unpaired) electrons. The number of likely N-dealkylation sites (tertiary alicyclic amines) is 1. The average Bonchev–Trinajstić information content (AvgIpc) is 3.20. The van der Waals surface area contributed by atoms with E-state index in [4.69, 9.17) is 0 Å². The largest absolute Gasteiger partial charge is 0.386 e. The highest BCUT2D eigenvalue weighted by Gasteiger charge is 2.20. The molecule has 130 valence electrons. The zero-order valence-electron chi connectivity index (χ0n) is 14.3. The Bertz CT molecular complexity index is 666. The average molecular weight is 347 g/mol. The number of hydrogen-bond acceptors (Lipinski definition) is 4. The second-order valence-corrected chi connectivity index (χ2v) is 7.43. The Labute approximate surface area is 147 Å². The second kappa shape index (κ2) is 7.96. The van der Waals surface area contributed by atoms with Crippen molar-refractivity contribution in [3.05, 3.63) is 35.2 Å². The molecule has 2 heterocycles. The molecule has 3 rings (SSSR count). The third kappa shape index (κ3) is 4.06. The van der Waals surface area contributed by atoms with Crippen LogP contribution in [-0.4, -0.2) is 55.7 Å². The van der Waals surface area contributed by atoms with Crippen molar-refractivity contribution in [1.29, 1.82) is 0 Å². The van der Waals surface area contributed by atoms with E-state index in [2.05, 4.69) is 45.8 Å². The molecule has 5 nitrogen and oxygen atoms in total. The van der Waals surface area contributed by atoms with Gasteiger partial charge in [-0.2, -0.15) is 0 Å². The lowest BCUT2D eigenvalue weighted by Crippen LogP contribution is -2.44. The van der Waals surface area contributed by atoms with E-state index in [0.29, 0.717) is 12.6 Å². The summed E-state index contributed by atoms with van der Waals surface area (Å²) in [6.45, 7) is 2.51. The van der Waals surface area contributed by atoms with E-state index in [0.717, 1.165) is 17.4 Å². The van der Waals surface area contributed by atoms with Crippen molar-refractivity contribution in [2.75, 3.05) is 33.7 Å². The fraction of sp³-hybridized carbons (Fsp3) is 0.500. The predicted molar refractivity (Wildman–Crippen MR) is 102 cm³/mol. The molecule has 0 spiro atoms. The van der Waals surface area contributed by atoms with Crippen molar-refractivity contribution >= 4 is 27.4 Å². The molecule has 1 aromatic heterocycles. The monoisotopic (exact) mass is 346 g/mol. The molecule has 3 N–H and O–H groups in total. The highest BCUT2D eigenvalue weighted by atomic mass is 32.1. The van der Waals surface area contributed by atoms with Crippen LogP contribution in [0.4, 0.5) is 0 Å². The number of thiophene rings is 1. The Morgan fingerprint density at radius 1 is 1.42 bits per heavy atom. The van der Waals surface area contributed by atoms with Crippen molar-refractivity contribution in [2.24, 2.45) is 4.99 Å². The van der Waals surface area contributed by atoms with Crippen molar-refractivity contribution in [3.63, 3.8) is 0 Å². The van der Waals surface area contributed by atoms with Crippen LogP contribution < -0.4 is 10.6 Å². The van der Waals surface area contributed by atoms with E-state index in [1.807, 2.05) is 12.1 Å². The number of guanidine groups is 1. The number of nitrogens with one attached hydrogen (secondary N) is 2. The van der Waals surface area contributed by atoms with E-state index in [9.17, 15) is 5.11 Å². The summed E-state index contributed by atoms with van der Waals surface area (Å²) in [5.74, 6) is 0.746. The van der Waals surface area contributed by atoms with Gasteiger partial charge >= 0.3 is 0 Å². The van der Waals surface area contributed by atoms with Crippen LogP contribution in [0.25, 0.3) is 10.1 Å². The van der Waals surface area contributed by atoms with E-state index in [1.165, 1.54) is 29.5 Å². The highest BCUT2D eigenvalue weighted by molar-refractivity contribution is 7.19. The van der Waals surface area contributed by atoms with Crippen molar-refractivity contribution in [3.8, 4) is 0 Å². The number of benzene rings is 1. The summed E-state index contributed by atoms with van der Waals surface area (Å²) in [5, 5.41) is 18.2. The Kier molecular flexibility index (Phi) is 5.71. The Balaban J connectivity index is 1.51. The summed E-state index contributed by atoms with van der Waals surface area (Å²) < 4.78 is 1.21. The number of aliphatic imine (C=N–C) groups is 1. The molecule has 0 bridgehead atoms. The molecule has 1 aliphatic rings. The van der Waals surface area contributed by atoms with Gasteiger partial charge in [-0.15, -0.1) is 11.3 Å². The fourth-order valence-electron chi connectivity index (χ4n) is 3.13. The quantitative estimate of drug-likeness (QED) is 0.574. The summed E-state index contributed by atoms with van der Waals surface area (Å²) in [6, 6.07) is 10.8. The van der Waals surface area contributed by atoms with Crippen LogP contribution >= 0.6 is 11.3 Å². The fourth-order valence-corrected chi connectivity index (χ4v) is 4.18. The van der Waals surface area contributed by atoms with Gasteiger partial charge in [0.05, 0.1) is 0 Å². The molecular formula is C18H26N4OS. The number of likely N-dealkylation sites (N-methyl/N-ethyl adjacent to an activating group) is 1. The van der Waals surface area contributed by atoms with E-state index >= 15 is 0 Å². The number of aliphatic hydroxyl groups is 1. The molecular weight excluding hydrogens is 320 g/mol. The molecule has 0 amide bonds. The Morgan fingerprint density at radius 3 is 2.96 bits per heavy atom. The SMILES string of the molecule is CN=C(NCC(O)c1cc2ccccc2s1)NCC1CCCN1C. The van der Waals surface area contributed by atoms with Gasteiger partial charge in [0.2, 0.25) is 0 Å². The van der Waals surface area contributed by atoms with Crippen LogP contribution in [-0.2, 0) is 0 Å². The summed E-state index contributed by atoms with van der Waals surface area (Å²) >= 11 is 1.64. The first-order valence-corrected chi connectivity index (χ1v) is 9.30. The zero-order chi connectivity index (χ0) is 16.9. The molecule has 24 heavy (non-hydrogen) atoms. The van der Waals surface area contributed by atoms with Crippen LogP contribution in [0, 0.1) is 0 Å². The summed E-state index contributed by atoms with van der Waals surface area (Å²) in [6.07, 6.45) is 1.96. The number of nitrogens with zero attached hydrogens (tertiary/aromatic N) is 2. The lowest BCUT2D eigenvalue weighted by Gasteiger charge is -2.21. The molecule has 0 saturated carbocycles. The first kappa shape index (κ1) is 17.2. The van der Waals surface area contributed by atoms with Gasteiger partial charge in [0.15, 0.2) is 5.96 Å². The molecule has 1 aliphatic heterocycles. The first-order chi connectivity index (χ1) is 11.7. The number of rotatable bonds is 5. The van der Waals surface area contributed by atoms with E-state index < -0.39 is 6.10 Å². The molecule has 1 aromatic carbocycles. The summed E-state index contributed by atoms with van der Waals surface area (Å²) in [5.41, 5.74) is 0. The molecule has 1 fully saturated rings. The normalized spacial score (nSPS) is 20.5. The number of fused-ring (bicyclic) bond motifs is 1. The number of aliphatic hydroxyl groups excluding tert-OH is 1. The van der Waals surface area contributed by atoms with Crippen molar-refractivity contribution in [1.82, 2.24) is 15.5 Å². The summed E-state index contributed by atoms with van der Waals surface area (Å²) in [7, 11) is 3.93. The maximum atomic E-state index is 10.4. The minimum atomic E-state index is -0.532. The van der Waals surface area contributed by atoms with Gasteiger partial charge < -0.3 is 20.6 Å². The van der Waals surface area contributed by atoms with E-state index in [1.54, 1.807) is 18.4 Å². The van der Waals surface area contributed by atoms with Crippen LogP contribution in [0.5, 0.6) is 0 Å². The van der Waals surface area contributed by atoms with Crippen LogP contribution in [0.15, 0.2) is 35.3 Å². The lowest BCUT2D eigenvalue weighted by atomic mass is 10.2. The van der Waals surface area contributed by atoms with Crippen molar-refractivity contribution in [2.45, 2.75) is 25.0 Å². The molecule has 6 heteroatoms. The molecule has 2 unspecified atom stereocenters. The first-order valence-electron chi connectivity index (χ1n) is 8.48. The minimum absolute atomic E-state index is 0.451. The summed E-state index contributed by atoms with van der Waals surface area (Å²) in [4.78, 5) is 7.61. The van der Waals surface area contributed by atoms with Crippen molar-refractivity contribution < 1.29 is 5.11 Å². The van der Waals surface area contributed by atoms with Gasteiger partial charge in [-0.25, -0.2) is 0 Å². The Morgan fingerprint density at radius 2 is 2.25 bits per heavy atom. The zero-order valence-corrected chi connectivity index (χ0v) is 15.1. The molecule has 1 saturated heterocycles. The third-order valence-corrected chi connectivity index (χ3v) is 5.85. The highest BCUT2D eigenvalue weighted by Crippen LogP contribution is 2.29. The smallest absolute Gasteiger partial charge is 0.191 e. The maximum absolute atomic E-state index is 10.4.